The number of hydrogen-bond donors (Lipinski definition) is 1. The zero-order valence-electron chi connectivity index (χ0n) is 18.7. The molecular formula is C23H30FN3O4S. The van der Waals surface area contributed by atoms with Crippen LogP contribution in [0.3, 0.4) is 0 Å². The highest BCUT2D eigenvalue weighted by atomic mass is 32.2. The zero-order chi connectivity index (χ0) is 23.1. The van der Waals surface area contributed by atoms with Crippen molar-refractivity contribution in [1.82, 2.24) is 9.88 Å². The Morgan fingerprint density at radius 3 is 2.78 bits per heavy atom. The van der Waals surface area contributed by atoms with E-state index < -0.39 is 21.4 Å². The van der Waals surface area contributed by atoms with Crippen LogP contribution in [0.4, 0.5) is 10.1 Å². The molecule has 9 heteroatoms. The Labute approximate surface area is 188 Å². The summed E-state index contributed by atoms with van der Waals surface area (Å²) in [5.41, 5.74) is 0.637. The van der Waals surface area contributed by atoms with Gasteiger partial charge in [-0.05, 0) is 58.2 Å². The number of benzene rings is 1. The molecule has 2 aromatic rings. The second-order valence-electron chi connectivity index (χ2n) is 9.12. The quantitative estimate of drug-likeness (QED) is 0.729. The second kappa shape index (κ2) is 8.51. The van der Waals surface area contributed by atoms with Gasteiger partial charge < -0.3 is 9.84 Å². The first kappa shape index (κ1) is 22.8. The molecule has 2 fully saturated rings. The van der Waals surface area contributed by atoms with Gasteiger partial charge in [0.25, 0.3) is 0 Å². The molecule has 2 atom stereocenters. The summed E-state index contributed by atoms with van der Waals surface area (Å²) in [6, 6.07) is 7.70. The maximum atomic E-state index is 13.9. The smallest absolute Gasteiger partial charge is 0.235 e. The third kappa shape index (κ3) is 4.41. The van der Waals surface area contributed by atoms with E-state index in [0.29, 0.717) is 43.8 Å². The number of ether oxygens (including phenoxy) is 1. The van der Waals surface area contributed by atoms with Crippen LogP contribution in [0.15, 0.2) is 36.5 Å². The molecule has 0 amide bonds. The predicted octanol–water partition coefficient (Wildman–Crippen LogP) is 3.68. The predicted molar refractivity (Wildman–Crippen MR) is 121 cm³/mol. The highest BCUT2D eigenvalue weighted by Crippen LogP contribution is 2.45. The van der Waals surface area contributed by atoms with E-state index in [0.717, 1.165) is 5.69 Å². The lowest BCUT2D eigenvalue weighted by Gasteiger charge is -2.47. The number of rotatable bonds is 5. The number of piperidine rings is 1. The largest absolute Gasteiger partial charge is 0.503 e. The van der Waals surface area contributed by atoms with Crippen LogP contribution in [0.25, 0.3) is 0 Å². The van der Waals surface area contributed by atoms with Gasteiger partial charge in [0.05, 0.1) is 35.0 Å². The minimum atomic E-state index is -3.50. The van der Waals surface area contributed by atoms with E-state index in [4.69, 9.17) is 4.74 Å². The summed E-state index contributed by atoms with van der Waals surface area (Å²) < 4.78 is 46.9. The van der Waals surface area contributed by atoms with E-state index in [1.165, 1.54) is 22.6 Å². The van der Waals surface area contributed by atoms with Gasteiger partial charge >= 0.3 is 0 Å². The van der Waals surface area contributed by atoms with E-state index in [1.807, 2.05) is 13.8 Å². The summed E-state index contributed by atoms with van der Waals surface area (Å²) in [4.78, 5) is 6.60. The summed E-state index contributed by atoms with van der Waals surface area (Å²) in [5.74, 6) is 0.0504. The maximum Gasteiger partial charge on any atom is 0.235 e. The molecule has 32 heavy (non-hydrogen) atoms. The molecule has 174 valence electrons. The summed E-state index contributed by atoms with van der Waals surface area (Å²) >= 11 is 0. The van der Waals surface area contributed by atoms with Crippen molar-refractivity contribution in [2.75, 3.05) is 16.6 Å². The normalized spacial score (nSPS) is 25.5. The van der Waals surface area contributed by atoms with Crippen LogP contribution < -0.4 is 9.04 Å². The van der Waals surface area contributed by atoms with Crippen molar-refractivity contribution < 1.29 is 22.7 Å². The van der Waals surface area contributed by atoms with Crippen LogP contribution in [-0.4, -0.2) is 53.4 Å². The van der Waals surface area contributed by atoms with Crippen LogP contribution in [-0.2, 0) is 16.6 Å². The zero-order valence-corrected chi connectivity index (χ0v) is 19.5. The van der Waals surface area contributed by atoms with Crippen LogP contribution in [0.5, 0.6) is 11.5 Å². The average molecular weight is 464 g/mol. The molecule has 2 aliphatic heterocycles. The molecule has 1 aromatic carbocycles. The van der Waals surface area contributed by atoms with E-state index in [2.05, 4.69) is 16.8 Å². The average Bonchev–Trinajstić information content (AvgIpc) is 2.96. The monoisotopic (exact) mass is 463 g/mol. The van der Waals surface area contributed by atoms with Gasteiger partial charge in [-0.15, -0.1) is 0 Å². The molecule has 0 bridgehead atoms. The van der Waals surface area contributed by atoms with Gasteiger partial charge in [0.2, 0.25) is 10.0 Å². The van der Waals surface area contributed by atoms with Crippen molar-refractivity contribution in [2.24, 2.45) is 0 Å². The van der Waals surface area contributed by atoms with Gasteiger partial charge in [-0.3, -0.25) is 14.2 Å². The van der Waals surface area contributed by atoms with Crippen molar-refractivity contribution in [3.05, 3.63) is 48.0 Å². The van der Waals surface area contributed by atoms with Gasteiger partial charge in [0.1, 0.15) is 5.82 Å². The molecule has 4 rings (SSSR count). The van der Waals surface area contributed by atoms with Crippen molar-refractivity contribution in [2.45, 2.75) is 64.3 Å². The van der Waals surface area contributed by atoms with Gasteiger partial charge in [-0.2, -0.15) is 0 Å². The molecule has 3 heterocycles. The van der Waals surface area contributed by atoms with E-state index >= 15 is 0 Å². The lowest BCUT2D eigenvalue weighted by atomic mass is 9.81. The third-order valence-corrected chi connectivity index (χ3v) is 8.25. The molecule has 0 radical (unpaired) electrons. The van der Waals surface area contributed by atoms with Crippen molar-refractivity contribution in [3.8, 4) is 11.5 Å². The van der Waals surface area contributed by atoms with Crippen LogP contribution in [0.1, 0.15) is 45.7 Å². The molecule has 1 N–H and O–H groups in total. The first-order chi connectivity index (χ1) is 15.1. The Morgan fingerprint density at radius 2 is 2.09 bits per heavy atom. The van der Waals surface area contributed by atoms with E-state index in [-0.39, 0.29) is 23.6 Å². The molecule has 2 unspecified atom stereocenters. The summed E-state index contributed by atoms with van der Waals surface area (Å²) in [7, 11) is -3.50. The molecule has 7 nitrogen and oxygen atoms in total. The number of aromatic nitrogens is 1. The number of halogens is 1. The van der Waals surface area contributed by atoms with Crippen LogP contribution in [0.2, 0.25) is 0 Å². The Kier molecular flexibility index (Phi) is 6.06. The van der Waals surface area contributed by atoms with Gasteiger partial charge in [0.15, 0.2) is 11.5 Å². The number of nitrogens with zero attached hydrogens (tertiary/aromatic N) is 3. The fourth-order valence-electron chi connectivity index (χ4n) is 4.96. The Balaban J connectivity index is 1.54. The number of aromatic hydroxyl groups is 1. The number of hydrogen-bond acceptors (Lipinski definition) is 6. The van der Waals surface area contributed by atoms with Crippen LogP contribution in [0, 0.1) is 5.82 Å². The first-order valence-electron chi connectivity index (χ1n) is 11.0. The Morgan fingerprint density at radius 1 is 1.31 bits per heavy atom. The molecule has 1 spiro atoms. The molecule has 2 saturated heterocycles. The van der Waals surface area contributed by atoms with Crippen molar-refractivity contribution in [3.63, 3.8) is 0 Å². The van der Waals surface area contributed by atoms with Gasteiger partial charge in [-0.25, -0.2) is 12.8 Å². The number of sulfonamides is 1. The van der Waals surface area contributed by atoms with Crippen molar-refractivity contribution in [1.29, 1.82) is 0 Å². The number of pyridine rings is 1. The fraction of sp³-hybridized carbons (Fsp3) is 0.522. The summed E-state index contributed by atoms with van der Waals surface area (Å²) in [5, 5.41) is 10.00. The minimum absolute atomic E-state index is 0.00925. The lowest BCUT2D eigenvalue weighted by molar-refractivity contribution is 0.101. The van der Waals surface area contributed by atoms with Crippen molar-refractivity contribution >= 4 is 15.7 Å². The Hall–Kier alpha value is -2.39. The Bertz CT molecular complexity index is 1090. The molecule has 2 aliphatic rings. The van der Waals surface area contributed by atoms with Gasteiger partial charge in [0, 0.05) is 25.2 Å². The SMILES string of the molecule is CC(C)Oc1cc(CN2CCC3(CCS(=O)(=O)N3c3cccc(F)c3)CC2C)ncc1O. The highest BCUT2D eigenvalue weighted by molar-refractivity contribution is 7.93. The van der Waals surface area contributed by atoms with E-state index in [1.54, 1.807) is 18.2 Å². The summed E-state index contributed by atoms with van der Waals surface area (Å²) in [6.45, 7) is 7.13. The second-order valence-corrected chi connectivity index (χ2v) is 11.1. The molecule has 0 aliphatic carbocycles. The molecule has 0 saturated carbocycles. The maximum absolute atomic E-state index is 13.9. The number of anilines is 1. The van der Waals surface area contributed by atoms with Crippen LogP contribution >= 0.6 is 0 Å². The third-order valence-electron chi connectivity index (χ3n) is 6.37. The van der Waals surface area contributed by atoms with Gasteiger partial charge in [-0.1, -0.05) is 6.07 Å². The summed E-state index contributed by atoms with van der Waals surface area (Å²) in [6.07, 6.45) is 3.17. The highest BCUT2D eigenvalue weighted by Gasteiger charge is 2.52. The molecule has 1 aromatic heterocycles. The first-order valence-corrected chi connectivity index (χ1v) is 12.6. The topological polar surface area (TPSA) is 83.0 Å². The number of likely N-dealkylation sites (tertiary alicyclic amines) is 1. The fourth-order valence-corrected chi connectivity index (χ4v) is 7.06. The lowest BCUT2D eigenvalue weighted by Crippen LogP contribution is -2.56. The standard InChI is InChI=1S/C23H30FN3O4S/c1-16(2)31-22-12-19(25-14-21(22)28)15-26-9-7-23(13-17(26)3)8-10-32(29,30)27(23)20-6-4-5-18(24)11-20/h4-6,11-12,14,16-17,28H,7-10,13,15H2,1-3H3. The van der Waals surface area contributed by atoms with E-state index in [9.17, 15) is 17.9 Å². The minimum Gasteiger partial charge on any atom is -0.503 e. The molecular weight excluding hydrogens is 433 g/mol.